The minimum absolute atomic E-state index is 0.0658. The molecule has 0 aliphatic heterocycles. The summed E-state index contributed by atoms with van der Waals surface area (Å²) < 4.78 is 0. The fourth-order valence-electron chi connectivity index (χ4n) is 1.47. The lowest BCUT2D eigenvalue weighted by atomic mass is 10.2. The molecule has 1 aromatic heterocycles. The number of carbonyl (C=O) groups excluding carboxylic acids is 1. The molecule has 0 unspecified atom stereocenters. The minimum Gasteiger partial charge on any atom is -0.396 e. The molecule has 16 heavy (non-hydrogen) atoms. The first-order chi connectivity index (χ1) is 7.65. The number of hydrogen-bond acceptors (Lipinski definition) is 4. The van der Waals surface area contributed by atoms with E-state index in [1.54, 1.807) is 19.4 Å². The van der Waals surface area contributed by atoms with Crippen molar-refractivity contribution in [1.82, 2.24) is 10.3 Å². The van der Waals surface area contributed by atoms with E-state index < -0.39 is 0 Å². The Morgan fingerprint density at radius 3 is 3.00 bits per heavy atom. The Labute approximate surface area is 95.7 Å². The van der Waals surface area contributed by atoms with Crippen LogP contribution in [0.2, 0.25) is 0 Å². The van der Waals surface area contributed by atoms with E-state index in [1.165, 1.54) is 0 Å². The average Bonchev–Trinajstić information content (AvgIpc) is 2.29. The van der Waals surface area contributed by atoms with Crippen molar-refractivity contribution in [1.29, 1.82) is 0 Å². The maximum absolute atomic E-state index is 11.0. The highest BCUT2D eigenvalue weighted by Gasteiger charge is 2.05. The number of anilines is 2. The fourth-order valence-corrected chi connectivity index (χ4v) is 1.47. The first-order valence-electron chi connectivity index (χ1n) is 5.26. The Morgan fingerprint density at radius 2 is 2.38 bits per heavy atom. The van der Waals surface area contributed by atoms with Crippen LogP contribution >= 0.6 is 0 Å². The van der Waals surface area contributed by atoms with E-state index in [1.807, 2.05) is 18.0 Å². The van der Waals surface area contributed by atoms with Gasteiger partial charge in [0.05, 0.1) is 17.6 Å². The minimum atomic E-state index is 0.0658. The molecule has 0 radical (unpaired) electrons. The van der Waals surface area contributed by atoms with Crippen LogP contribution in [0.5, 0.6) is 0 Å². The Kier molecular flexibility index (Phi) is 4.57. The van der Waals surface area contributed by atoms with Crippen LogP contribution in [0.25, 0.3) is 0 Å². The van der Waals surface area contributed by atoms with Crippen molar-refractivity contribution in [3.63, 3.8) is 0 Å². The summed E-state index contributed by atoms with van der Waals surface area (Å²) >= 11 is 0. The van der Waals surface area contributed by atoms with Gasteiger partial charge in [0.15, 0.2) is 0 Å². The molecule has 0 aromatic carbocycles. The van der Waals surface area contributed by atoms with Gasteiger partial charge in [-0.1, -0.05) is 0 Å². The van der Waals surface area contributed by atoms with Gasteiger partial charge in [0.1, 0.15) is 0 Å². The van der Waals surface area contributed by atoms with E-state index in [2.05, 4.69) is 10.3 Å². The second-order valence-electron chi connectivity index (χ2n) is 3.63. The summed E-state index contributed by atoms with van der Waals surface area (Å²) in [4.78, 5) is 17.0. The number of nitrogens with two attached hydrogens (primary N) is 1. The highest BCUT2D eigenvalue weighted by molar-refractivity contribution is 5.75. The summed E-state index contributed by atoms with van der Waals surface area (Å²) in [6.45, 7) is 0.793. The quantitative estimate of drug-likeness (QED) is 0.766. The standard InChI is InChI=1S/C11H18N4O/c1-13-11(16)4-3-7-15(2)10-5-6-14-8-9(10)12/h5-6,8H,3-4,7,12H2,1-2H3,(H,13,16). The van der Waals surface area contributed by atoms with Gasteiger partial charge in [-0.15, -0.1) is 0 Å². The van der Waals surface area contributed by atoms with Gasteiger partial charge in [0, 0.05) is 33.3 Å². The van der Waals surface area contributed by atoms with Crippen molar-refractivity contribution < 1.29 is 4.79 Å². The molecule has 1 rings (SSSR count). The van der Waals surface area contributed by atoms with Crippen molar-refractivity contribution in [3.05, 3.63) is 18.5 Å². The Bertz CT molecular complexity index is 354. The third kappa shape index (κ3) is 3.42. The number of rotatable bonds is 5. The van der Waals surface area contributed by atoms with Gasteiger partial charge in [0.2, 0.25) is 5.91 Å². The van der Waals surface area contributed by atoms with Crippen LogP contribution in [-0.4, -0.2) is 31.5 Å². The van der Waals surface area contributed by atoms with Gasteiger partial charge < -0.3 is 16.0 Å². The van der Waals surface area contributed by atoms with E-state index in [0.717, 1.165) is 18.7 Å². The van der Waals surface area contributed by atoms with Gasteiger partial charge in [-0.3, -0.25) is 9.78 Å². The predicted octanol–water partition coefficient (Wildman–Crippen LogP) is 0.626. The van der Waals surface area contributed by atoms with Crippen LogP contribution in [0.15, 0.2) is 18.5 Å². The van der Waals surface area contributed by atoms with E-state index >= 15 is 0 Å². The summed E-state index contributed by atoms with van der Waals surface area (Å²) in [6.07, 6.45) is 4.68. The molecule has 1 amide bonds. The molecule has 3 N–H and O–H groups in total. The Morgan fingerprint density at radius 1 is 1.62 bits per heavy atom. The van der Waals surface area contributed by atoms with Crippen LogP contribution in [0.4, 0.5) is 11.4 Å². The normalized spacial score (nSPS) is 9.88. The SMILES string of the molecule is CNC(=O)CCCN(C)c1ccncc1N. The number of nitrogen functional groups attached to an aromatic ring is 1. The summed E-state index contributed by atoms with van der Waals surface area (Å²) in [5, 5.41) is 2.60. The van der Waals surface area contributed by atoms with Crippen molar-refractivity contribution in [3.8, 4) is 0 Å². The smallest absolute Gasteiger partial charge is 0.219 e. The molecule has 88 valence electrons. The summed E-state index contributed by atoms with van der Waals surface area (Å²) in [7, 11) is 3.60. The first kappa shape index (κ1) is 12.3. The Hall–Kier alpha value is -1.78. The monoisotopic (exact) mass is 222 g/mol. The molecular weight excluding hydrogens is 204 g/mol. The lowest BCUT2D eigenvalue weighted by Gasteiger charge is -2.20. The van der Waals surface area contributed by atoms with Crippen molar-refractivity contribution in [2.45, 2.75) is 12.8 Å². The molecule has 0 saturated heterocycles. The second kappa shape index (κ2) is 5.95. The van der Waals surface area contributed by atoms with Crippen molar-refractivity contribution >= 4 is 17.3 Å². The largest absolute Gasteiger partial charge is 0.396 e. The molecule has 5 heteroatoms. The third-order valence-corrected chi connectivity index (χ3v) is 2.42. The van der Waals surface area contributed by atoms with Gasteiger partial charge in [-0.2, -0.15) is 0 Å². The molecule has 0 saturated carbocycles. The number of amides is 1. The van der Waals surface area contributed by atoms with E-state index in [0.29, 0.717) is 12.1 Å². The maximum atomic E-state index is 11.0. The average molecular weight is 222 g/mol. The fraction of sp³-hybridized carbons (Fsp3) is 0.455. The summed E-state index contributed by atoms with van der Waals surface area (Å²) in [5.74, 6) is 0.0658. The summed E-state index contributed by atoms with van der Waals surface area (Å²) in [5.41, 5.74) is 7.40. The van der Waals surface area contributed by atoms with Crippen LogP contribution in [0, 0.1) is 0 Å². The molecular formula is C11H18N4O. The van der Waals surface area contributed by atoms with Crippen LogP contribution in [0.3, 0.4) is 0 Å². The number of hydrogen-bond donors (Lipinski definition) is 2. The van der Waals surface area contributed by atoms with Gasteiger partial charge >= 0.3 is 0 Å². The van der Waals surface area contributed by atoms with Gasteiger partial charge in [-0.25, -0.2) is 0 Å². The van der Waals surface area contributed by atoms with Crippen LogP contribution < -0.4 is 16.0 Å². The molecule has 0 spiro atoms. The number of carbonyl (C=O) groups is 1. The zero-order valence-corrected chi connectivity index (χ0v) is 9.73. The molecule has 0 aliphatic rings. The van der Waals surface area contributed by atoms with E-state index in [9.17, 15) is 4.79 Å². The van der Waals surface area contributed by atoms with Gasteiger partial charge in [-0.05, 0) is 12.5 Å². The molecule has 5 nitrogen and oxygen atoms in total. The van der Waals surface area contributed by atoms with Crippen molar-refractivity contribution in [2.75, 3.05) is 31.3 Å². The number of pyridine rings is 1. The van der Waals surface area contributed by atoms with Crippen LogP contribution in [0.1, 0.15) is 12.8 Å². The highest BCUT2D eigenvalue weighted by Crippen LogP contribution is 2.19. The second-order valence-corrected chi connectivity index (χ2v) is 3.63. The zero-order valence-electron chi connectivity index (χ0n) is 9.73. The molecule has 0 bridgehead atoms. The maximum Gasteiger partial charge on any atom is 0.219 e. The van der Waals surface area contributed by atoms with E-state index in [-0.39, 0.29) is 5.91 Å². The molecule has 0 atom stereocenters. The lowest BCUT2D eigenvalue weighted by Crippen LogP contribution is -2.23. The zero-order chi connectivity index (χ0) is 12.0. The van der Waals surface area contributed by atoms with Gasteiger partial charge in [0.25, 0.3) is 0 Å². The predicted molar refractivity (Wildman–Crippen MR) is 65.2 cm³/mol. The first-order valence-corrected chi connectivity index (χ1v) is 5.26. The molecule has 1 aromatic rings. The van der Waals surface area contributed by atoms with E-state index in [4.69, 9.17) is 5.73 Å². The Balaban J connectivity index is 2.44. The van der Waals surface area contributed by atoms with Crippen LogP contribution in [-0.2, 0) is 4.79 Å². The summed E-state index contributed by atoms with van der Waals surface area (Å²) in [6, 6.07) is 1.87. The molecule has 0 aliphatic carbocycles. The highest BCUT2D eigenvalue weighted by atomic mass is 16.1. The van der Waals surface area contributed by atoms with Crippen molar-refractivity contribution in [2.24, 2.45) is 0 Å². The lowest BCUT2D eigenvalue weighted by molar-refractivity contribution is -0.120. The molecule has 0 fully saturated rings. The topological polar surface area (TPSA) is 71.2 Å². The third-order valence-electron chi connectivity index (χ3n) is 2.42. The molecule has 1 heterocycles. The number of aromatic nitrogens is 1. The number of nitrogens with zero attached hydrogens (tertiary/aromatic N) is 2. The number of nitrogens with one attached hydrogen (secondary N) is 1.